The van der Waals surface area contributed by atoms with E-state index in [4.69, 9.17) is 0 Å². The Morgan fingerprint density at radius 3 is 2.58 bits per heavy atom. The van der Waals surface area contributed by atoms with Gasteiger partial charge in [-0.15, -0.1) is 0 Å². The molecule has 0 aromatic rings. The monoisotopic (exact) mass is 162 g/mol. The van der Waals surface area contributed by atoms with Crippen molar-refractivity contribution in [3.63, 3.8) is 0 Å². The van der Waals surface area contributed by atoms with Gasteiger partial charge in [0.2, 0.25) is 0 Å². The van der Waals surface area contributed by atoms with Crippen LogP contribution in [-0.2, 0) is 0 Å². The summed E-state index contributed by atoms with van der Waals surface area (Å²) >= 11 is 0. The molecule has 0 heterocycles. The van der Waals surface area contributed by atoms with E-state index in [1.54, 1.807) is 25.6 Å². The van der Waals surface area contributed by atoms with E-state index in [1.807, 2.05) is 25.2 Å². The zero-order valence-corrected chi connectivity index (χ0v) is 7.57. The van der Waals surface area contributed by atoms with Crippen molar-refractivity contribution in [2.24, 2.45) is 9.98 Å². The molecule has 0 atom stereocenters. The molecule has 0 saturated carbocycles. The number of allylic oxidation sites excluding steroid dienone is 5. The maximum absolute atomic E-state index is 4.09. The molecule has 0 fully saturated rings. The molecule has 0 unspecified atom stereocenters. The number of rotatable bonds is 4. The van der Waals surface area contributed by atoms with Crippen molar-refractivity contribution in [1.82, 2.24) is 0 Å². The van der Waals surface area contributed by atoms with Crippen molar-refractivity contribution in [3.8, 4) is 0 Å². The number of hydrogen-bond acceptors (Lipinski definition) is 2. The molecule has 0 aromatic heterocycles. The van der Waals surface area contributed by atoms with Gasteiger partial charge in [-0.05, 0) is 13.0 Å². The molecule has 12 heavy (non-hydrogen) atoms. The summed E-state index contributed by atoms with van der Waals surface area (Å²) in [5.41, 5.74) is 0.938. The molecule has 0 rings (SSSR count). The summed E-state index contributed by atoms with van der Waals surface area (Å²) in [6.07, 6.45) is 10.7. The molecule has 0 aromatic carbocycles. The Labute approximate surface area is 73.7 Å². The van der Waals surface area contributed by atoms with Gasteiger partial charge in [-0.1, -0.05) is 24.8 Å². The number of nitrogens with zero attached hydrogens (tertiary/aromatic N) is 2. The van der Waals surface area contributed by atoms with Crippen LogP contribution in [0, 0.1) is 0 Å². The first kappa shape index (κ1) is 10.6. The Hall–Kier alpha value is -1.44. The van der Waals surface area contributed by atoms with Gasteiger partial charge in [0.25, 0.3) is 0 Å². The second kappa shape index (κ2) is 7.66. The fourth-order valence-corrected chi connectivity index (χ4v) is 0.534. The zero-order chi connectivity index (χ0) is 9.23. The minimum atomic E-state index is 0.938. The lowest BCUT2D eigenvalue weighted by atomic mass is 10.4. The van der Waals surface area contributed by atoms with Crippen molar-refractivity contribution in [2.45, 2.75) is 6.92 Å². The largest absolute Gasteiger partial charge is 0.295 e. The Bertz CT molecular complexity index is 232. The van der Waals surface area contributed by atoms with E-state index in [2.05, 4.69) is 16.6 Å². The van der Waals surface area contributed by atoms with Crippen LogP contribution in [0.15, 0.2) is 46.6 Å². The van der Waals surface area contributed by atoms with Gasteiger partial charge in [-0.2, -0.15) is 0 Å². The van der Waals surface area contributed by atoms with Crippen molar-refractivity contribution in [3.05, 3.63) is 36.6 Å². The third-order valence-corrected chi connectivity index (χ3v) is 1.08. The van der Waals surface area contributed by atoms with Crippen LogP contribution < -0.4 is 0 Å². The summed E-state index contributed by atoms with van der Waals surface area (Å²) in [6, 6.07) is 0. The standard InChI is InChI=1S/C10H14N2/c1-4-5-6-7-10(2)12-9-8-11-3/h4-9H,1H2,2-3H3/b6-5-,10-7+,11-8?,12-9?. The lowest BCUT2D eigenvalue weighted by molar-refractivity contribution is 1.32. The van der Waals surface area contributed by atoms with Gasteiger partial charge in [0, 0.05) is 25.2 Å². The molecule has 0 aliphatic rings. The average molecular weight is 162 g/mol. The van der Waals surface area contributed by atoms with Gasteiger partial charge in [-0.3, -0.25) is 9.98 Å². The highest BCUT2D eigenvalue weighted by atomic mass is 14.7. The smallest absolute Gasteiger partial charge is 0.0449 e. The van der Waals surface area contributed by atoms with Gasteiger partial charge >= 0.3 is 0 Å². The van der Waals surface area contributed by atoms with Gasteiger partial charge in [0.15, 0.2) is 0 Å². The van der Waals surface area contributed by atoms with Crippen molar-refractivity contribution >= 4 is 12.4 Å². The SMILES string of the molecule is C=C/C=C\C=C(/C)N=CC=NC. The molecule has 0 amide bonds. The van der Waals surface area contributed by atoms with E-state index in [9.17, 15) is 0 Å². The molecule has 0 aliphatic carbocycles. The Morgan fingerprint density at radius 2 is 2.00 bits per heavy atom. The highest BCUT2D eigenvalue weighted by molar-refractivity contribution is 6.16. The molecule has 0 saturated heterocycles. The van der Waals surface area contributed by atoms with Crippen molar-refractivity contribution in [2.75, 3.05) is 7.05 Å². The Balaban J connectivity index is 4.01. The van der Waals surface area contributed by atoms with Gasteiger partial charge < -0.3 is 0 Å². The van der Waals surface area contributed by atoms with Crippen LogP contribution >= 0.6 is 0 Å². The predicted octanol–water partition coefficient (Wildman–Crippen LogP) is 2.40. The second-order valence-electron chi connectivity index (χ2n) is 2.11. The summed E-state index contributed by atoms with van der Waals surface area (Å²) in [4.78, 5) is 7.86. The lowest BCUT2D eigenvalue weighted by Gasteiger charge is -1.85. The van der Waals surface area contributed by atoms with Crippen LogP contribution in [0.4, 0.5) is 0 Å². The minimum absolute atomic E-state index is 0.938. The summed E-state index contributed by atoms with van der Waals surface area (Å²) < 4.78 is 0. The van der Waals surface area contributed by atoms with Crippen LogP contribution in [0.5, 0.6) is 0 Å². The van der Waals surface area contributed by atoms with E-state index in [0.717, 1.165) is 5.70 Å². The van der Waals surface area contributed by atoms with E-state index in [0.29, 0.717) is 0 Å². The van der Waals surface area contributed by atoms with Crippen LogP contribution in [0.2, 0.25) is 0 Å². The summed E-state index contributed by atoms with van der Waals surface area (Å²) in [6.45, 7) is 5.48. The first-order valence-electron chi connectivity index (χ1n) is 3.72. The lowest BCUT2D eigenvalue weighted by Crippen LogP contribution is -1.75. The summed E-state index contributed by atoms with van der Waals surface area (Å²) in [5, 5.41) is 0. The topological polar surface area (TPSA) is 24.7 Å². The summed E-state index contributed by atoms with van der Waals surface area (Å²) in [7, 11) is 1.71. The van der Waals surface area contributed by atoms with E-state index < -0.39 is 0 Å². The maximum Gasteiger partial charge on any atom is 0.0449 e. The average Bonchev–Trinajstić information content (AvgIpc) is 2.06. The van der Waals surface area contributed by atoms with Crippen LogP contribution in [0.1, 0.15) is 6.92 Å². The third-order valence-electron chi connectivity index (χ3n) is 1.08. The molecule has 2 heteroatoms. The Kier molecular flexibility index (Phi) is 6.74. The third kappa shape index (κ3) is 6.68. The highest BCUT2D eigenvalue weighted by Crippen LogP contribution is 1.92. The fourth-order valence-electron chi connectivity index (χ4n) is 0.534. The van der Waals surface area contributed by atoms with Gasteiger partial charge in [0.05, 0.1) is 0 Å². The maximum atomic E-state index is 4.09. The van der Waals surface area contributed by atoms with E-state index in [1.165, 1.54) is 0 Å². The predicted molar refractivity (Wildman–Crippen MR) is 56.0 cm³/mol. The summed E-state index contributed by atoms with van der Waals surface area (Å²) in [5.74, 6) is 0. The van der Waals surface area contributed by atoms with Crippen LogP contribution in [0.25, 0.3) is 0 Å². The van der Waals surface area contributed by atoms with E-state index >= 15 is 0 Å². The molecule has 0 radical (unpaired) electrons. The quantitative estimate of drug-likeness (QED) is 0.448. The van der Waals surface area contributed by atoms with Crippen molar-refractivity contribution < 1.29 is 0 Å². The van der Waals surface area contributed by atoms with Crippen LogP contribution in [0.3, 0.4) is 0 Å². The number of aliphatic imine (C=N–C) groups is 2. The van der Waals surface area contributed by atoms with Gasteiger partial charge in [-0.25, -0.2) is 0 Å². The first-order valence-corrected chi connectivity index (χ1v) is 3.72. The Morgan fingerprint density at radius 1 is 1.25 bits per heavy atom. The van der Waals surface area contributed by atoms with E-state index in [-0.39, 0.29) is 0 Å². The molecule has 0 aliphatic heterocycles. The molecular weight excluding hydrogens is 148 g/mol. The first-order chi connectivity index (χ1) is 5.81. The van der Waals surface area contributed by atoms with Gasteiger partial charge in [0.1, 0.15) is 0 Å². The molecule has 0 bridgehead atoms. The normalized spacial score (nSPS) is 13.7. The minimum Gasteiger partial charge on any atom is -0.295 e. The molecule has 2 nitrogen and oxygen atoms in total. The van der Waals surface area contributed by atoms with Crippen molar-refractivity contribution in [1.29, 1.82) is 0 Å². The second-order valence-corrected chi connectivity index (χ2v) is 2.11. The highest BCUT2D eigenvalue weighted by Gasteiger charge is 1.75. The fraction of sp³-hybridized carbons (Fsp3) is 0.200. The zero-order valence-electron chi connectivity index (χ0n) is 7.57. The molecule has 64 valence electrons. The molecule has 0 spiro atoms. The molecular formula is C10H14N2. The molecule has 0 N–H and O–H groups in total. The number of hydrogen-bond donors (Lipinski definition) is 0. The van der Waals surface area contributed by atoms with Crippen LogP contribution in [-0.4, -0.2) is 19.5 Å².